The van der Waals surface area contributed by atoms with Gasteiger partial charge in [0.25, 0.3) is 0 Å². The van der Waals surface area contributed by atoms with Crippen LogP contribution in [0.4, 0.5) is 0 Å². The monoisotopic (exact) mass is 193 g/mol. The van der Waals surface area contributed by atoms with E-state index in [2.05, 4.69) is 36.1 Å². The van der Waals surface area contributed by atoms with Crippen LogP contribution in [0.15, 0.2) is 18.5 Å². The van der Waals surface area contributed by atoms with E-state index in [9.17, 15) is 0 Å². The third kappa shape index (κ3) is 3.42. The Balaban J connectivity index is 2.34. The summed E-state index contributed by atoms with van der Waals surface area (Å²) in [5.74, 6) is 1.56. The van der Waals surface area contributed by atoms with Gasteiger partial charge in [-0.05, 0) is 18.9 Å². The van der Waals surface area contributed by atoms with Crippen molar-refractivity contribution in [3.05, 3.63) is 24.3 Å². The molecular formula is C11H19N3. The first kappa shape index (κ1) is 11.1. The van der Waals surface area contributed by atoms with Crippen LogP contribution in [-0.2, 0) is 6.54 Å². The van der Waals surface area contributed by atoms with E-state index in [4.69, 9.17) is 0 Å². The van der Waals surface area contributed by atoms with E-state index in [1.165, 1.54) is 6.42 Å². The van der Waals surface area contributed by atoms with Crippen LogP contribution in [0, 0.1) is 5.92 Å². The molecule has 0 aliphatic rings. The summed E-state index contributed by atoms with van der Waals surface area (Å²) < 4.78 is 0. The van der Waals surface area contributed by atoms with E-state index >= 15 is 0 Å². The van der Waals surface area contributed by atoms with Gasteiger partial charge in [-0.3, -0.25) is 0 Å². The van der Waals surface area contributed by atoms with Crippen molar-refractivity contribution in [2.75, 3.05) is 0 Å². The second-order valence-electron chi connectivity index (χ2n) is 3.72. The first-order chi connectivity index (χ1) is 6.74. The van der Waals surface area contributed by atoms with Gasteiger partial charge < -0.3 is 5.32 Å². The van der Waals surface area contributed by atoms with E-state index < -0.39 is 0 Å². The Morgan fingerprint density at radius 3 is 2.50 bits per heavy atom. The molecule has 0 saturated heterocycles. The van der Waals surface area contributed by atoms with Crippen LogP contribution in [0.25, 0.3) is 0 Å². The Morgan fingerprint density at radius 1 is 1.29 bits per heavy atom. The van der Waals surface area contributed by atoms with Crippen molar-refractivity contribution in [1.82, 2.24) is 15.3 Å². The zero-order chi connectivity index (χ0) is 10.4. The van der Waals surface area contributed by atoms with E-state index in [1.54, 1.807) is 12.4 Å². The predicted octanol–water partition coefficient (Wildman–Crippen LogP) is 2.00. The van der Waals surface area contributed by atoms with E-state index in [-0.39, 0.29) is 0 Å². The molecule has 78 valence electrons. The molecule has 0 radical (unpaired) electrons. The largest absolute Gasteiger partial charge is 0.307 e. The molecule has 3 heteroatoms. The van der Waals surface area contributed by atoms with Crippen LogP contribution in [-0.4, -0.2) is 16.0 Å². The lowest BCUT2D eigenvalue weighted by molar-refractivity contribution is 0.386. The van der Waals surface area contributed by atoms with E-state index in [0.29, 0.717) is 12.0 Å². The lowest BCUT2D eigenvalue weighted by Gasteiger charge is -2.19. The maximum Gasteiger partial charge on any atom is 0.141 e. The predicted molar refractivity (Wildman–Crippen MR) is 57.8 cm³/mol. The SMILES string of the molecule is CCC(C)C(C)NCc1ncccn1. The standard InChI is InChI=1S/C11H19N3/c1-4-9(2)10(3)14-8-11-12-6-5-7-13-11/h5-7,9-10,14H,4,8H2,1-3H3. The zero-order valence-electron chi connectivity index (χ0n) is 9.20. The minimum atomic E-state index is 0.517. The van der Waals surface area contributed by atoms with Gasteiger partial charge >= 0.3 is 0 Å². The van der Waals surface area contributed by atoms with Crippen molar-refractivity contribution in [2.24, 2.45) is 5.92 Å². The molecule has 14 heavy (non-hydrogen) atoms. The van der Waals surface area contributed by atoms with Gasteiger partial charge in [-0.15, -0.1) is 0 Å². The van der Waals surface area contributed by atoms with E-state index in [0.717, 1.165) is 12.4 Å². The Morgan fingerprint density at radius 2 is 1.93 bits per heavy atom. The molecule has 0 spiro atoms. The molecule has 0 saturated carbocycles. The lowest BCUT2D eigenvalue weighted by atomic mass is 10.0. The number of hydrogen-bond donors (Lipinski definition) is 1. The smallest absolute Gasteiger partial charge is 0.141 e. The molecule has 1 rings (SSSR count). The van der Waals surface area contributed by atoms with Gasteiger partial charge in [-0.1, -0.05) is 20.3 Å². The van der Waals surface area contributed by atoms with Crippen LogP contribution < -0.4 is 5.32 Å². The second kappa shape index (κ2) is 5.70. The fourth-order valence-electron chi connectivity index (χ4n) is 1.23. The maximum atomic E-state index is 4.16. The van der Waals surface area contributed by atoms with Crippen LogP contribution in [0.5, 0.6) is 0 Å². The summed E-state index contributed by atoms with van der Waals surface area (Å²) in [6.07, 6.45) is 4.75. The maximum absolute atomic E-state index is 4.16. The second-order valence-corrected chi connectivity index (χ2v) is 3.72. The average Bonchev–Trinajstić information content (AvgIpc) is 2.26. The molecule has 1 aromatic heterocycles. The Kier molecular flexibility index (Phi) is 4.53. The third-order valence-electron chi connectivity index (χ3n) is 2.70. The number of hydrogen-bond acceptors (Lipinski definition) is 3. The number of aromatic nitrogens is 2. The van der Waals surface area contributed by atoms with Crippen molar-refractivity contribution >= 4 is 0 Å². The van der Waals surface area contributed by atoms with Crippen molar-refractivity contribution in [3.8, 4) is 0 Å². The van der Waals surface area contributed by atoms with Crippen LogP contribution in [0.1, 0.15) is 33.0 Å². The minimum Gasteiger partial charge on any atom is -0.307 e. The Hall–Kier alpha value is -0.960. The first-order valence-corrected chi connectivity index (χ1v) is 5.23. The van der Waals surface area contributed by atoms with Gasteiger partial charge in [0.15, 0.2) is 0 Å². The molecule has 0 fully saturated rings. The molecule has 2 unspecified atom stereocenters. The van der Waals surface area contributed by atoms with Gasteiger partial charge in [0, 0.05) is 18.4 Å². The van der Waals surface area contributed by atoms with E-state index in [1.807, 2.05) is 6.07 Å². The number of nitrogens with zero attached hydrogens (tertiary/aromatic N) is 2. The molecule has 1 aromatic rings. The van der Waals surface area contributed by atoms with Gasteiger partial charge in [0.05, 0.1) is 6.54 Å². The Bertz CT molecular complexity index is 248. The summed E-state index contributed by atoms with van der Waals surface area (Å²) in [6, 6.07) is 2.35. The van der Waals surface area contributed by atoms with Crippen LogP contribution in [0.2, 0.25) is 0 Å². The molecule has 2 atom stereocenters. The van der Waals surface area contributed by atoms with Crippen LogP contribution in [0.3, 0.4) is 0 Å². The molecule has 0 amide bonds. The number of nitrogens with one attached hydrogen (secondary N) is 1. The molecule has 1 N–H and O–H groups in total. The molecule has 0 aliphatic heterocycles. The quantitative estimate of drug-likeness (QED) is 0.777. The highest BCUT2D eigenvalue weighted by Gasteiger charge is 2.09. The summed E-state index contributed by atoms with van der Waals surface area (Å²) in [4.78, 5) is 8.32. The third-order valence-corrected chi connectivity index (χ3v) is 2.70. The van der Waals surface area contributed by atoms with Gasteiger partial charge in [0.2, 0.25) is 0 Å². The average molecular weight is 193 g/mol. The highest BCUT2D eigenvalue weighted by Crippen LogP contribution is 2.06. The molecular weight excluding hydrogens is 174 g/mol. The molecule has 0 aliphatic carbocycles. The summed E-state index contributed by atoms with van der Waals surface area (Å²) >= 11 is 0. The molecule has 3 nitrogen and oxygen atoms in total. The topological polar surface area (TPSA) is 37.8 Å². The van der Waals surface area contributed by atoms with Crippen molar-refractivity contribution < 1.29 is 0 Å². The number of rotatable bonds is 5. The summed E-state index contributed by atoms with van der Waals surface area (Å²) in [6.45, 7) is 7.43. The summed E-state index contributed by atoms with van der Waals surface area (Å²) in [5, 5.41) is 3.42. The van der Waals surface area contributed by atoms with Crippen molar-refractivity contribution in [1.29, 1.82) is 0 Å². The normalized spacial score (nSPS) is 15.1. The highest BCUT2D eigenvalue weighted by molar-refractivity contribution is 4.88. The van der Waals surface area contributed by atoms with Crippen molar-refractivity contribution in [3.63, 3.8) is 0 Å². The summed E-state index contributed by atoms with van der Waals surface area (Å²) in [7, 11) is 0. The fourth-order valence-corrected chi connectivity index (χ4v) is 1.23. The fraction of sp³-hybridized carbons (Fsp3) is 0.636. The van der Waals surface area contributed by atoms with Crippen LogP contribution >= 0.6 is 0 Å². The molecule has 0 aromatic carbocycles. The Labute approximate surface area is 86.0 Å². The van der Waals surface area contributed by atoms with Crippen molar-refractivity contribution in [2.45, 2.75) is 39.8 Å². The van der Waals surface area contributed by atoms with Gasteiger partial charge in [0.1, 0.15) is 5.82 Å². The minimum absolute atomic E-state index is 0.517. The molecule has 1 heterocycles. The molecule has 0 bridgehead atoms. The lowest BCUT2D eigenvalue weighted by Crippen LogP contribution is -2.31. The zero-order valence-corrected chi connectivity index (χ0v) is 9.20. The van der Waals surface area contributed by atoms with Gasteiger partial charge in [-0.25, -0.2) is 9.97 Å². The highest BCUT2D eigenvalue weighted by atomic mass is 15.0. The first-order valence-electron chi connectivity index (χ1n) is 5.23. The summed E-state index contributed by atoms with van der Waals surface area (Å²) in [5.41, 5.74) is 0. The van der Waals surface area contributed by atoms with Gasteiger partial charge in [-0.2, -0.15) is 0 Å².